The lowest BCUT2D eigenvalue weighted by molar-refractivity contribution is -0.153. The number of esters is 1. The second kappa shape index (κ2) is 7.40. The maximum absolute atomic E-state index is 13.0. The predicted octanol–water partition coefficient (Wildman–Crippen LogP) is 3.71. The van der Waals surface area contributed by atoms with Crippen molar-refractivity contribution in [3.63, 3.8) is 0 Å². The van der Waals surface area contributed by atoms with Gasteiger partial charge in [-0.05, 0) is 43.9 Å². The minimum atomic E-state index is -0.929. The standard InChI is InChI=1S/C16H17ClFNO3/c1-10(22-15(20)8-11-4-2-3-5-11)16(21)19-12-6-7-14(18)13(17)9-12/h2,4,6-7,9-11H,3,5,8H2,1H3,(H,19,21)/t10-,11+/m0/s1. The summed E-state index contributed by atoms with van der Waals surface area (Å²) in [6.07, 6.45) is 5.28. The van der Waals surface area contributed by atoms with E-state index in [1.807, 2.05) is 12.2 Å². The Labute approximate surface area is 133 Å². The molecule has 0 fully saturated rings. The summed E-state index contributed by atoms with van der Waals surface area (Å²) in [6.45, 7) is 1.49. The number of carbonyl (C=O) groups excluding carboxylic acids is 2. The number of nitrogens with one attached hydrogen (secondary N) is 1. The summed E-state index contributed by atoms with van der Waals surface area (Å²) in [6, 6.07) is 3.84. The van der Waals surface area contributed by atoms with Gasteiger partial charge in [-0.1, -0.05) is 23.8 Å². The molecule has 1 amide bonds. The Balaban J connectivity index is 1.84. The second-order valence-corrected chi connectivity index (χ2v) is 5.63. The summed E-state index contributed by atoms with van der Waals surface area (Å²) in [5.74, 6) is -1.27. The highest BCUT2D eigenvalue weighted by molar-refractivity contribution is 6.31. The van der Waals surface area contributed by atoms with Crippen molar-refractivity contribution in [3.05, 3.63) is 41.2 Å². The molecule has 4 nitrogen and oxygen atoms in total. The zero-order valence-corrected chi connectivity index (χ0v) is 12.9. The third kappa shape index (κ3) is 4.56. The molecule has 0 aliphatic heterocycles. The molecule has 0 radical (unpaired) electrons. The largest absolute Gasteiger partial charge is 0.453 e. The van der Waals surface area contributed by atoms with Gasteiger partial charge in [-0.15, -0.1) is 0 Å². The maximum Gasteiger partial charge on any atom is 0.307 e. The molecule has 1 N–H and O–H groups in total. The molecule has 2 atom stereocenters. The van der Waals surface area contributed by atoms with Gasteiger partial charge in [0.1, 0.15) is 5.82 Å². The summed E-state index contributed by atoms with van der Waals surface area (Å²) < 4.78 is 18.1. The molecule has 0 spiro atoms. The van der Waals surface area contributed by atoms with Gasteiger partial charge in [-0.25, -0.2) is 4.39 Å². The third-order valence-corrected chi connectivity index (χ3v) is 3.70. The van der Waals surface area contributed by atoms with Crippen molar-refractivity contribution in [1.29, 1.82) is 0 Å². The Hall–Kier alpha value is -1.88. The molecule has 6 heteroatoms. The number of hydrogen-bond acceptors (Lipinski definition) is 3. The molecule has 1 aromatic carbocycles. The topological polar surface area (TPSA) is 55.4 Å². The number of halogens is 2. The Kier molecular flexibility index (Phi) is 5.55. The number of rotatable bonds is 5. The molecule has 0 aromatic heterocycles. The summed E-state index contributed by atoms with van der Waals surface area (Å²) in [5, 5.41) is 2.44. The molecule has 118 valence electrons. The van der Waals surface area contributed by atoms with Crippen LogP contribution in [-0.2, 0) is 14.3 Å². The predicted molar refractivity (Wildman–Crippen MR) is 82.1 cm³/mol. The van der Waals surface area contributed by atoms with Gasteiger partial charge in [0.05, 0.1) is 11.4 Å². The van der Waals surface area contributed by atoms with Crippen LogP contribution in [0.5, 0.6) is 0 Å². The number of amides is 1. The first-order valence-corrected chi connectivity index (χ1v) is 7.45. The van der Waals surface area contributed by atoms with E-state index in [0.29, 0.717) is 5.69 Å². The van der Waals surface area contributed by atoms with E-state index in [2.05, 4.69) is 5.32 Å². The quantitative estimate of drug-likeness (QED) is 0.663. The van der Waals surface area contributed by atoms with Crippen molar-refractivity contribution in [2.24, 2.45) is 5.92 Å². The molecule has 0 bridgehead atoms. The monoisotopic (exact) mass is 325 g/mol. The smallest absolute Gasteiger partial charge is 0.307 e. The van der Waals surface area contributed by atoms with Crippen LogP contribution in [0.2, 0.25) is 5.02 Å². The Bertz CT molecular complexity index is 603. The zero-order valence-electron chi connectivity index (χ0n) is 12.1. The Morgan fingerprint density at radius 1 is 1.50 bits per heavy atom. The van der Waals surface area contributed by atoms with Crippen LogP contribution in [0.3, 0.4) is 0 Å². The number of benzene rings is 1. The normalized spacial score (nSPS) is 18.0. The van der Waals surface area contributed by atoms with Crippen LogP contribution in [0.4, 0.5) is 10.1 Å². The molecule has 0 saturated heterocycles. The summed E-state index contributed by atoms with van der Waals surface area (Å²) in [4.78, 5) is 23.7. The molecule has 0 saturated carbocycles. The van der Waals surface area contributed by atoms with Crippen LogP contribution in [0.1, 0.15) is 26.2 Å². The van der Waals surface area contributed by atoms with Crippen molar-refractivity contribution in [1.82, 2.24) is 0 Å². The molecule has 2 rings (SSSR count). The zero-order chi connectivity index (χ0) is 16.1. The Morgan fingerprint density at radius 3 is 2.91 bits per heavy atom. The van der Waals surface area contributed by atoms with Crippen molar-refractivity contribution in [3.8, 4) is 0 Å². The molecule has 1 aromatic rings. The minimum Gasteiger partial charge on any atom is -0.453 e. The molecular weight excluding hydrogens is 309 g/mol. The molecular formula is C16H17ClFNO3. The van der Waals surface area contributed by atoms with E-state index < -0.39 is 23.8 Å². The van der Waals surface area contributed by atoms with E-state index in [1.165, 1.54) is 19.1 Å². The van der Waals surface area contributed by atoms with Crippen LogP contribution in [0, 0.1) is 11.7 Å². The van der Waals surface area contributed by atoms with E-state index in [1.54, 1.807) is 0 Å². The number of allylic oxidation sites excluding steroid dienone is 2. The van der Waals surface area contributed by atoms with Crippen LogP contribution in [-0.4, -0.2) is 18.0 Å². The van der Waals surface area contributed by atoms with Gasteiger partial charge in [-0.3, -0.25) is 9.59 Å². The van der Waals surface area contributed by atoms with Crippen molar-refractivity contribution >= 4 is 29.2 Å². The van der Waals surface area contributed by atoms with Crippen LogP contribution < -0.4 is 5.32 Å². The molecule has 0 heterocycles. The van der Waals surface area contributed by atoms with Crippen molar-refractivity contribution < 1.29 is 18.7 Å². The van der Waals surface area contributed by atoms with E-state index in [9.17, 15) is 14.0 Å². The maximum atomic E-state index is 13.0. The fourth-order valence-electron chi connectivity index (χ4n) is 2.20. The summed E-state index contributed by atoms with van der Waals surface area (Å²) >= 11 is 5.64. The fourth-order valence-corrected chi connectivity index (χ4v) is 2.38. The highest BCUT2D eigenvalue weighted by Crippen LogP contribution is 2.22. The highest BCUT2D eigenvalue weighted by Gasteiger charge is 2.21. The van der Waals surface area contributed by atoms with E-state index in [4.69, 9.17) is 16.3 Å². The van der Waals surface area contributed by atoms with Gasteiger partial charge in [0, 0.05) is 5.69 Å². The number of carbonyl (C=O) groups is 2. The highest BCUT2D eigenvalue weighted by atomic mass is 35.5. The number of anilines is 1. The van der Waals surface area contributed by atoms with Crippen LogP contribution in [0.25, 0.3) is 0 Å². The summed E-state index contributed by atoms with van der Waals surface area (Å²) in [5.41, 5.74) is 0.345. The van der Waals surface area contributed by atoms with Gasteiger partial charge >= 0.3 is 5.97 Å². The minimum absolute atomic E-state index is 0.0875. The molecule has 22 heavy (non-hydrogen) atoms. The van der Waals surface area contributed by atoms with Gasteiger partial charge in [-0.2, -0.15) is 0 Å². The average molecular weight is 326 g/mol. The molecule has 1 aliphatic carbocycles. The first-order valence-electron chi connectivity index (χ1n) is 7.08. The lowest BCUT2D eigenvalue weighted by Gasteiger charge is -2.15. The van der Waals surface area contributed by atoms with Gasteiger partial charge < -0.3 is 10.1 Å². The lowest BCUT2D eigenvalue weighted by Crippen LogP contribution is -2.30. The number of ether oxygens (including phenoxy) is 1. The van der Waals surface area contributed by atoms with Crippen LogP contribution in [0.15, 0.2) is 30.4 Å². The SMILES string of the molecule is C[C@H](OC(=O)C[C@@H]1C=CCC1)C(=O)Nc1ccc(F)c(Cl)c1. The number of hydrogen-bond donors (Lipinski definition) is 1. The van der Waals surface area contributed by atoms with Gasteiger partial charge in [0.15, 0.2) is 6.10 Å². The van der Waals surface area contributed by atoms with Crippen LogP contribution >= 0.6 is 11.6 Å². The van der Waals surface area contributed by atoms with Gasteiger partial charge in [0.2, 0.25) is 0 Å². The lowest BCUT2D eigenvalue weighted by atomic mass is 10.1. The average Bonchev–Trinajstić information content (AvgIpc) is 2.95. The van der Waals surface area contributed by atoms with Crippen molar-refractivity contribution in [2.75, 3.05) is 5.32 Å². The fraction of sp³-hybridized carbons (Fsp3) is 0.375. The summed E-state index contributed by atoms with van der Waals surface area (Å²) in [7, 11) is 0. The first-order chi connectivity index (χ1) is 10.5. The van der Waals surface area contributed by atoms with Gasteiger partial charge in [0.25, 0.3) is 5.91 Å². The third-order valence-electron chi connectivity index (χ3n) is 3.41. The Morgan fingerprint density at radius 2 is 2.27 bits per heavy atom. The molecule has 0 unspecified atom stereocenters. The van der Waals surface area contributed by atoms with E-state index in [-0.39, 0.29) is 17.4 Å². The first kappa shape index (κ1) is 16.5. The molecule has 1 aliphatic rings. The van der Waals surface area contributed by atoms with E-state index >= 15 is 0 Å². The second-order valence-electron chi connectivity index (χ2n) is 5.22. The van der Waals surface area contributed by atoms with E-state index in [0.717, 1.165) is 18.9 Å². The van der Waals surface area contributed by atoms with Crippen molar-refractivity contribution in [2.45, 2.75) is 32.3 Å².